The zero-order valence-electron chi connectivity index (χ0n) is 17.8. The van der Waals surface area contributed by atoms with Crippen molar-refractivity contribution in [2.45, 2.75) is 19.1 Å². The van der Waals surface area contributed by atoms with E-state index in [0.29, 0.717) is 5.95 Å². The number of hydrogen-bond donors (Lipinski definition) is 1. The minimum Gasteiger partial charge on any atom is -0.497 e. The van der Waals surface area contributed by atoms with Crippen molar-refractivity contribution in [3.8, 4) is 11.5 Å². The molecular formula is C26H22N4O2. The molecule has 32 heavy (non-hydrogen) atoms. The van der Waals surface area contributed by atoms with Gasteiger partial charge in [0.2, 0.25) is 5.95 Å². The molecule has 0 unspecified atom stereocenters. The molecule has 0 aliphatic carbocycles. The van der Waals surface area contributed by atoms with Crippen LogP contribution >= 0.6 is 0 Å². The Labute approximate surface area is 186 Å². The van der Waals surface area contributed by atoms with Crippen LogP contribution in [0.4, 0.5) is 5.95 Å². The van der Waals surface area contributed by atoms with Crippen LogP contribution < -0.4 is 14.8 Å². The molecule has 6 rings (SSSR count). The van der Waals surface area contributed by atoms with E-state index in [1.165, 1.54) is 5.56 Å². The highest BCUT2D eigenvalue weighted by Gasteiger charge is 2.40. The third-order valence-electron chi connectivity index (χ3n) is 6.11. The number of anilines is 1. The molecule has 6 heteroatoms. The van der Waals surface area contributed by atoms with Crippen LogP contribution in [0.2, 0.25) is 0 Å². The highest BCUT2D eigenvalue weighted by atomic mass is 16.5. The molecule has 0 fully saturated rings. The van der Waals surface area contributed by atoms with E-state index >= 15 is 0 Å². The van der Waals surface area contributed by atoms with Gasteiger partial charge in [-0.25, -0.2) is 4.68 Å². The molecule has 4 aromatic rings. The van der Waals surface area contributed by atoms with Crippen LogP contribution in [0.3, 0.4) is 0 Å². The number of methoxy groups -OCH3 is 1. The van der Waals surface area contributed by atoms with E-state index in [-0.39, 0.29) is 12.1 Å². The Bertz CT molecular complexity index is 1340. The molecule has 0 bridgehead atoms. The van der Waals surface area contributed by atoms with Gasteiger partial charge in [0.05, 0.1) is 12.8 Å². The molecule has 6 nitrogen and oxygen atoms in total. The summed E-state index contributed by atoms with van der Waals surface area (Å²) in [6.45, 7) is 2.09. The lowest BCUT2D eigenvalue weighted by Gasteiger charge is -2.39. The van der Waals surface area contributed by atoms with E-state index in [2.05, 4.69) is 64.8 Å². The Morgan fingerprint density at radius 3 is 2.66 bits per heavy atom. The fraction of sp³-hybridized carbons (Fsp3) is 0.154. The van der Waals surface area contributed by atoms with Gasteiger partial charge in [-0.1, -0.05) is 54.1 Å². The number of aryl methyl sites for hydroxylation is 1. The number of fused-ring (bicyclic) bond motifs is 3. The molecule has 0 saturated carbocycles. The van der Waals surface area contributed by atoms with Crippen molar-refractivity contribution in [2.24, 2.45) is 0 Å². The van der Waals surface area contributed by atoms with Crippen molar-refractivity contribution in [3.05, 3.63) is 107 Å². The first kappa shape index (κ1) is 18.7. The number of benzene rings is 3. The number of para-hydroxylation sites is 1. The lowest BCUT2D eigenvalue weighted by molar-refractivity contribution is 0.223. The lowest BCUT2D eigenvalue weighted by Crippen LogP contribution is -2.32. The van der Waals surface area contributed by atoms with Crippen molar-refractivity contribution in [1.29, 1.82) is 0 Å². The number of hydrogen-bond acceptors (Lipinski definition) is 5. The second-order valence-electron chi connectivity index (χ2n) is 8.07. The van der Waals surface area contributed by atoms with E-state index in [9.17, 15) is 0 Å². The number of ether oxygens (including phenoxy) is 2. The Morgan fingerprint density at radius 1 is 0.969 bits per heavy atom. The molecule has 2 aliphatic rings. The summed E-state index contributed by atoms with van der Waals surface area (Å²) in [7, 11) is 1.68. The standard InChI is InChI=1S/C26H22N4O2/c1-16-10-12-17(13-11-16)25-22-23(20-8-3-4-9-21(20)32-25)29-26-27-15-28-30(26)24(22)18-6-5-7-19(14-18)31-2/h3-15,24-25H,1-2H3,(H,27,28,29)/t24-,25-/m0/s1. The third-order valence-corrected chi connectivity index (χ3v) is 6.11. The molecule has 1 N–H and O–H groups in total. The lowest BCUT2D eigenvalue weighted by atomic mass is 9.84. The molecule has 158 valence electrons. The summed E-state index contributed by atoms with van der Waals surface area (Å²) in [5.74, 6) is 2.35. The maximum Gasteiger partial charge on any atom is 0.226 e. The summed E-state index contributed by atoms with van der Waals surface area (Å²) in [6.07, 6.45) is 1.31. The first-order chi connectivity index (χ1) is 15.7. The van der Waals surface area contributed by atoms with Crippen molar-refractivity contribution >= 4 is 11.6 Å². The SMILES string of the molecule is COc1cccc([C@H]2C3=C(Nc4ncnn42)c2ccccc2O[C@H]3c2ccc(C)cc2)c1. The Balaban J connectivity index is 1.62. The molecule has 2 atom stereocenters. The summed E-state index contributed by atoms with van der Waals surface area (Å²) in [5.41, 5.74) is 6.50. The van der Waals surface area contributed by atoms with E-state index < -0.39 is 0 Å². The number of rotatable bonds is 3. The van der Waals surface area contributed by atoms with Crippen molar-refractivity contribution in [3.63, 3.8) is 0 Å². The predicted molar refractivity (Wildman–Crippen MR) is 123 cm³/mol. The average Bonchev–Trinajstić information content (AvgIpc) is 3.31. The minimum absolute atomic E-state index is 0.196. The fourth-order valence-corrected chi connectivity index (χ4v) is 4.57. The average molecular weight is 422 g/mol. The summed E-state index contributed by atoms with van der Waals surface area (Å²) >= 11 is 0. The monoisotopic (exact) mass is 422 g/mol. The van der Waals surface area contributed by atoms with Gasteiger partial charge in [0.15, 0.2) is 0 Å². The van der Waals surface area contributed by atoms with Crippen LogP contribution in [0, 0.1) is 6.92 Å². The minimum atomic E-state index is -0.276. The zero-order chi connectivity index (χ0) is 21.7. The normalized spacial score (nSPS) is 18.7. The van der Waals surface area contributed by atoms with Crippen molar-refractivity contribution in [1.82, 2.24) is 14.8 Å². The number of nitrogens with zero attached hydrogens (tertiary/aromatic N) is 3. The zero-order valence-corrected chi connectivity index (χ0v) is 17.8. The number of nitrogens with one attached hydrogen (secondary N) is 1. The molecule has 2 aliphatic heterocycles. The third kappa shape index (κ3) is 2.87. The Kier molecular flexibility index (Phi) is 4.24. The molecule has 0 amide bonds. The van der Waals surface area contributed by atoms with Gasteiger partial charge < -0.3 is 14.8 Å². The Morgan fingerprint density at radius 2 is 1.81 bits per heavy atom. The van der Waals surface area contributed by atoms with Crippen LogP contribution in [0.1, 0.15) is 34.4 Å². The molecule has 0 spiro atoms. The highest BCUT2D eigenvalue weighted by molar-refractivity contribution is 5.85. The van der Waals surface area contributed by atoms with Crippen LogP contribution in [0.5, 0.6) is 11.5 Å². The summed E-state index contributed by atoms with van der Waals surface area (Å²) in [4.78, 5) is 4.48. The van der Waals surface area contributed by atoms with Crippen LogP contribution in [0.25, 0.3) is 5.70 Å². The van der Waals surface area contributed by atoms with E-state index in [0.717, 1.165) is 39.5 Å². The van der Waals surface area contributed by atoms with Crippen LogP contribution in [0.15, 0.2) is 84.7 Å². The molecule has 1 aromatic heterocycles. The van der Waals surface area contributed by atoms with Gasteiger partial charge in [0.1, 0.15) is 30.0 Å². The molecule has 3 aromatic carbocycles. The maximum atomic E-state index is 6.64. The van der Waals surface area contributed by atoms with Gasteiger partial charge in [-0.3, -0.25) is 0 Å². The van der Waals surface area contributed by atoms with Gasteiger partial charge in [-0.05, 0) is 42.3 Å². The van der Waals surface area contributed by atoms with E-state index in [4.69, 9.17) is 9.47 Å². The topological polar surface area (TPSA) is 61.2 Å². The van der Waals surface area contributed by atoms with Crippen molar-refractivity contribution < 1.29 is 9.47 Å². The van der Waals surface area contributed by atoms with Gasteiger partial charge >= 0.3 is 0 Å². The van der Waals surface area contributed by atoms with Gasteiger partial charge in [-0.2, -0.15) is 10.1 Å². The Hall–Kier alpha value is -4.06. The van der Waals surface area contributed by atoms with E-state index in [1.54, 1.807) is 13.4 Å². The second kappa shape index (κ2) is 7.27. The van der Waals surface area contributed by atoms with Gasteiger partial charge in [-0.15, -0.1) is 0 Å². The van der Waals surface area contributed by atoms with Gasteiger partial charge in [0.25, 0.3) is 0 Å². The predicted octanol–water partition coefficient (Wildman–Crippen LogP) is 5.16. The highest BCUT2D eigenvalue weighted by Crippen LogP contribution is 2.50. The largest absolute Gasteiger partial charge is 0.497 e. The number of aromatic nitrogens is 3. The second-order valence-corrected chi connectivity index (χ2v) is 8.07. The van der Waals surface area contributed by atoms with Crippen LogP contribution in [-0.2, 0) is 0 Å². The first-order valence-electron chi connectivity index (χ1n) is 10.6. The van der Waals surface area contributed by atoms with Gasteiger partial charge in [0, 0.05) is 11.1 Å². The summed E-state index contributed by atoms with van der Waals surface area (Å²) in [5, 5.41) is 8.10. The first-order valence-corrected chi connectivity index (χ1v) is 10.6. The fourth-order valence-electron chi connectivity index (χ4n) is 4.57. The molecule has 0 saturated heterocycles. The molecule has 0 radical (unpaired) electrons. The van der Waals surface area contributed by atoms with E-state index in [1.807, 2.05) is 35.0 Å². The van der Waals surface area contributed by atoms with Crippen molar-refractivity contribution in [2.75, 3.05) is 12.4 Å². The molecule has 3 heterocycles. The molecular weight excluding hydrogens is 400 g/mol. The smallest absolute Gasteiger partial charge is 0.226 e. The maximum absolute atomic E-state index is 6.64. The van der Waals surface area contributed by atoms with Crippen LogP contribution in [-0.4, -0.2) is 21.9 Å². The quantitative estimate of drug-likeness (QED) is 0.494. The summed E-state index contributed by atoms with van der Waals surface area (Å²) < 4.78 is 14.1. The summed E-state index contributed by atoms with van der Waals surface area (Å²) in [6, 6.07) is 24.6.